The number of nitrogens with one attached hydrogen (secondary N) is 1. The summed E-state index contributed by atoms with van der Waals surface area (Å²) in [7, 11) is 0. The summed E-state index contributed by atoms with van der Waals surface area (Å²) >= 11 is 0. The number of rotatable bonds is 3. The summed E-state index contributed by atoms with van der Waals surface area (Å²) in [5, 5.41) is 3.23. The highest BCUT2D eigenvalue weighted by Gasteiger charge is 2.28. The Bertz CT molecular complexity index is 574. The lowest BCUT2D eigenvalue weighted by atomic mass is 10.0. The summed E-state index contributed by atoms with van der Waals surface area (Å²) in [5.74, 6) is 0. The molecule has 3 rings (SSSR count). The third kappa shape index (κ3) is 4.95. The second-order valence-electron chi connectivity index (χ2n) is 7.59. The van der Waals surface area contributed by atoms with Gasteiger partial charge in [-0.3, -0.25) is 4.90 Å². The van der Waals surface area contributed by atoms with Gasteiger partial charge in [0.25, 0.3) is 0 Å². The zero-order valence-electron chi connectivity index (χ0n) is 15.7. The van der Waals surface area contributed by atoms with Gasteiger partial charge < -0.3 is 15.0 Å². The molecule has 0 bridgehead atoms. The van der Waals surface area contributed by atoms with Crippen LogP contribution in [0.4, 0.5) is 4.79 Å². The molecule has 25 heavy (non-hydrogen) atoms. The van der Waals surface area contributed by atoms with Gasteiger partial charge >= 0.3 is 6.03 Å². The first-order valence-corrected chi connectivity index (χ1v) is 9.49. The number of likely N-dealkylation sites (tertiary alicyclic amines) is 1. The van der Waals surface area contributed by atoms with E-state index in [9.17, 15) is 4.79 Å². The zero-order chi connectivity index (χ0) is 17.8. The van der Waals surface area contributed by atoms with Crippen LogP contribution in [-0.4, -0.2) is 60.3 Å². The molecule has 2 aliphatic heterocycles. The molecule has 0 spiro atoms. The highest BCUT2D eigenvalue weighted by molar-refractivity contribution is 5.74. The van der Waals surface area contributed by atoms with Gasteiger partial charge in [-0.25, -0.2) is 4.79 Å². The predicted molar refractivity (Wildman–Crippen MR) is 99.6 cm³/mol. The SMILES string of the molecule is Cc1ccccc1CN1CCC(NC(=O)N2CC(C)OC(C)C2)CC1. The molecule has 138 valence electrons. The number of aryl methyl sites for hydroxylation is 1. The van der Waals surface area contributed by atoms with E-state index < -0.39 is 0 Å². The summed E-state index contributed by atoms with van der Waals surface area (Å²) in [4.78, 5) is 16.9. The van der Waals surface area contributed by atoms with Crippen molar-refractivity contribution in [1.82, 2.24) is 15.1 Å². The minimum absolute atomic E-state index is 0.0688. The number of carbonyl (C=O) groups is 1. The summed E-state index contributed by atoms with van der Waals surface area (Å²) in [6, 6.07) is 8.94. The summed E-state index contributed by atoms with van der Waals surface area (Å²) < 4.78 is 5.71. The van der Waals surface area contributed by atoms with E-state index in [0.29, 0.717) is 13.1 Å². The Kier molecular flexibility index (Phi) is 5.97. The molecule has 0 aromatic heterocycles. The molecule has 2 heterocycles. The lowest BCUT2D eigenvalue weighted by Gasteiger charge is -2.37. The van der Waals surface area contributed by atoms with Crippen LogP contribution in [0.5, 0.6) is 0 Å². The van der Waals surface area contributed by atoms with Crippen LogP contribution in [0.15, 0.2) is 24.3 Å². The third-order valence-electron chi connectivity index (χ3n) is 5.28. The Morgan fingerprint density at radius 2 is 1.80 bits per heavy atom. The molecule has 2 saturated heterocycles. The van der Waals surface area contributed by atoms with E-state index in [2.05, 4.69) is 41.4 Å². The van der Waals surface area contributed by atoms with Crippen molar-refractivity contribution in [1.29, 1.82) is 0 Å². The lowest BCUT2D eigenvalue weighted by Crippen LogP contribution is -2.54. The van der Waals surface area contributed by atoms with E-state index in [4.69, 9.17) is 4.74 Å². The van der Waals surface area contributed by atoms with E-state index in [1.165, 1.54) is 11.1 Å². The summed E-state index contributed by atoms with van der Waals surface area (Å²) in [5.41, 5.74) is 2.76. The van der Waals surface area contributed by atoms with Crippen LogP contribution in [0, 0.1) is 6.92 Å². The number of benzene rings is 1. The van der Waals surface area contributed by atoms with E-state index in [-0.39, 0.29) is 24.3 Å². The third-order valence-corrected chi connectivity index (χ3v) is 5.28. The average Bonchev–Trinajstić information content (AvgIpc) is 2.58. The van der Waals surface area contributed by atoms with Gasteiger partial charge in [0.1, 0.15) is 0 Å². The average molecular weight is 345 g/mol. The molecule has 1 aromatic rings. The molecule has 5 heteroatoms. The maximum absolute atomic E-state index is 12.5. The number of ether oxygens (including phenoxy) is 1. The molecular weight excluding hydrogens is 314 g/mol. The Morgan fingerprint density at radius 1 is 1.16 bits per heavy atom. The Balaban J connectivity index is 1.44. The van der Waals surface area contributed by atoms with Crippen molar-refractivity contribution in [2.75, 3.05) is 26.2 Å². The van der Waals surface area contributed by atoms with Gasteiger partial charge in [0.15, 0.2) is 0 Å². The molecule has 2 fully saturated rings. The maximum atomic E-state index is 12.5. The fraction of sp³-hybridized carbons (Fsp3) is 0.650. The Labute approximate surface area is 151 Å². The van der Waals surface area contributed by atoms with Crippen LogP contribution in [0.3, 0.4) is 0 Å². The van der Waals surface area contributed by atoms with Crippen molar-refractivity contribution < 1.29 is 9.53 Å². The van der Waals surface area contributed by atoms with Crippen LogP contribution in [0.1, 0.15) is 37.8 Å². The molecule has 2 unspecified atom stereocenters. The monoisotopic (exact) mass is 345 g/mol. The zero-order valence-corrected chi connectivity index (χ0v) is 15.7. The number of piperidine rings is 1. The highest BCUT2D eigenvalue weighted by atomic mass is 16.5. The fourth-order valence-electron chi connectivity index (χ4n) is 3.87. The minimum atomic E-state index is 0.0688. The quantitative estimate of drug-likeness (QED) is 0.916. The van der Waals surface area contributed by atoms with Crippen molar-refractivity contribution in [3.05, 3.63) is 35.4 Å². The van der Waals surface area contributed by atoms with Gasteiger partial charge in [-0.2, -0.15) is 0 Å². The minimum Gasteiger partial charge on any atom is -0.372 e. The van der Waals surface area contributed by atoms with E-state index >= 15 is 0 Å². The summed E-state index contributed by atoms with van der Waals surface area (Å²) in [6.07, 6.45) is 2.27. The second kappa shape index (κ2) is 8.19. The first-order valence-electron chi connectivity index (χ1n) is 9.49. The molecular formula is C20H31N3O2. The Hall–Kier alpha value is -1.59. The van der Waals surface area contributed by atoms with Crippen LogP contribution in [0.25, 0.3) is 0 Å². The predicted octanol–water partition coefficient (Wildman–Crippen LogP) is 2.78. The lowest BCUT2D eigenvalue weighted by molar-refractivity contribution is -0.0549. The number of urea groups is 1. The van der Waals surface area contributed by atoms with Crippen molar-refractivity contribution in [3.63, 3.8) is 0 Å². The molecule has 0 saturated carbocycles. The van der Waals surface area contributed by atoms with Gasteiger partial charge in [-0.15, -0.1) is 0 Å². The molecule has 0 aliphatic carbocycles. The second-order valence-corrected chi connectivity index (χ2v) is 7.59. The first kappa shape index (κ1) is 18.2. The number of amides is 2. The number of morpholine rings is 1. The van der Waals surface area contributed by atoms with Crippen LogP contribution in [0.2, 0.25) is 0 Å². The van der Waals surface area contributed by atoms with Crippen molar-refractivity contribution in [3.8, 4) is 0 Å². The smallest absolute Gasteiger partial charge is 0.317 e. The first-order chi connectivity index (χ1) is 12.0. The molecule has 2 amide bonds. The van der Waals surface area contributed by atoms with Gasteiger partial charge in [-0.1, -0.05) is 24.3 Å². The molecule has 2 aliphatic rings. The van der Waals surface area contributed by atoms with Gasteiger partial charge in [0.2, 0.25) is 0 Å². The summed E-state index contributed by atoms with van der Waals surface area (Å²) in [6.45, 7) is 10.7. The van der Waals surface area contributed by atoms with E-state index in [1.54, 1.807) is 0 Å². The maximum Gasteiger partial charge on any atom is 0.317 e. The van der Waals surface area contributed by atoms with Crippen LogP contribution < -0.4 is 5.32 Å². The van der Waals surface area contributed by atoms with Gasteiger partial charge in [-0.05, 0) is 44.7 Å². The van der Waals surface area contributed by atoms with Crippen molar-refractivity contribution in [2.45, 2.75) is 58.4 Å². The largest absolute Gasteiger partial charge is 0.372 e. The van der Waals surface area contributed by atoms with Gasteiger partial charge in [0.05, 0.1) is 12.2 Å². The molecule has 2 atom stereocenters. The number of nitrogens with zero attached hydrogens (tertiary/aromatic N) is 2. The fourth-order valence-corrected chi connectivity index (χ4v) is 3.87. The number of hydrogen-bond acceptors (Lipinski definition) is 3. The Morgan fingerprint density at radius 3 is 2.44 bits per heavy atom. The van der Waals surface area contributed by atoms with Crippen LogP contribution >= 0.6 is 0 Å². The van der Waals surface area contributed by atoms with E-state index in [1.807, 2.05) is 18.7 Å². The standard InChI is InChI=1S/C20H31N3O2/c1-15-6-4-5-7-18(15)14-22-10-8-19(9-11-22)21-20(24)23-12-16(2)25-17(3)13-23/h4-7,16-17,19H,8-14H2,1-3H3,(H,21,24). The van der Waals surface area contributed by atoms with E-state index in [0.717, 1.165) is 32.5 Å². The molecule has 5 nitrogen and oxygen atoms in total. The number of carbonyl (C=O) groups excluding carboxylic acids is 1. The van der Waals surface area contributed by atoms with Crippen molar-refractivity contribution in [2.24, 2.45) is 0 Å². The molecule has 1 N–H and O–H groups in total. The highest BCUT2D eigenvalue weighted by Crippen LogP contribution is 2.17. The molecule has 1 aromatic carbocycles. The number of hydrogen-bond donors (Lipinski definition) is 1. The van der Waals surface area contributed by atoms with Crippen LogP contribution in [-0.2, 0) is 11.3 Å². The molecule has 0 radical (unpaired) electrons. The normalized spacial score (nSPS) is 25.8. The van der Waals surface area contributed by atoms with Crippen molar-refractivity contribution >= 4 is 6.03 Å². The topological polar surface area (TPSA) is 44.8 Å². The van der Waals surface area contributed by atoms with Gasteiger partial charge in [0, 0.05) is 38.8 Å².